The van der Waals surface area contributed by atoms with Gasteiger partial charge in [0.05, 0.1) is 6.54 Å². The molecule has 0 aromatic heterocycles. The molecule has 2 atom stereocenters. The average molecular weight is 228 g/mol. The fraction of sp³-hybridized carbons (Fsp3) is 0.923. The van der Waals surface area contributed by atoms with E-state index in [9.17, 15) is 4.79 Å². The van der Waals surface area contributed by atoms with Crippen molar-refractivity contribution in [2.24, 2.45) is 0 Å². The summed E-state index contributed by atoms with van der Waals surface area (Å²) in [6.07, 6.45) is 5.83. The molecular formula is C13H28N2O. The molecule has 0 aromatic carbocycles. The predicted molar refractivity (Wildman–Crippen MR) is 69.5 cm³/mol. The van der Waals surface area contributed by atoms with Gasteiger partial charge in [-0.1, -0.05) is 33.1 Å². The Kier molecular flexibility index (Phi) is 9.30. The van der Waals surface area contributed by atoms with E-state index in [4.69, 9.17) is 0 Å². The summed E-state index contributed by atoms with van der Waals surface area (Å²) in [6, 6.07) is 0.721. The maximum Gasteiger partial charge on any atom is 0.234 e. The molecule has 0 bridgehead atoms. The molecule has 0 rings (SSSR count). The lowest BCUT2D eigenvalue weighted by molar-refractivity contribution is -0.121. The quantitative estimate of drug-likeness (QED) is 0.595. The zero-order chi connectivity index (χ0) is 12.4. The normalized spacial score (nSPS) is 14.5. The number of carbonyl (C=O) groups is 1. The van der Waals surface area contributed by atoms with Crippen molar-refractivity contribution in [1.29, 1.82) is 0 Å². The monoisotopic (exact) mass is 228 g/mol. The molecule has 2 N–H and O–H groups in total. The Morgan fingerprint density at radius 2 is 1.81 bits per heavy atom. The van der Waals surface area contributed by atoms with E-state index in [1.54, 1.807) is 0 Å². The van der Waals surface area contributed by atoms with Gasteiger partial charge < -0.3 is 10.6 Å². The highest BCUT2D eigenvalue weighted by molar-refractivity contribution is 5.78. The van der Waals surface area contributed by atoms with Crippen LogP contribution >= 0.6 is 0 Å². The third-order valence-electron chi connectivity index (χ3n) is 2.87. The second-order valence-corrected chi connectivity index (χ2v) is 4.65. The largest absolute Gasteiger partial charge is 0.353 e. The highest BCUT2D eigenvalue weighted by Gasteiger charge is 2.07. The number of amides is 1. The molecule has 16 heavy (non-hydrogen) atoms. The van der Waals surface area contributed by atoms with Crippen molar-refractivity contribution in [3.8, 4) is 0 Å². The maximum atomic E-state index is 11.5. The van der Waals surface area contributed by atoms with E-state index in [1.807, 2.05) is 0 Å². The zero-order valence-corrected chi connectivity index (χ0v) is 11.3. The van der Waals surface area contributed by atoms with Crippen LogP contribution in [0.1, 0.15) is 59.8 Å². The van der Waals surface area contributed by atoms with Gasteiger partial charge >= 0.3 is 0 Å². The first kappa shape index (κ1) is 15.4. The van der Waals surface area contributed by atoms with Gasteiger partial charge in [0.1, 0.15) is 0 Å². The number of unbranched alkanes of at least 4 members (excludes halogenated alkanes) is 2. The van der Waals surface area contributed by atoms with Crippen molar-refractivity contribution in [1.82, 2.24) is 10.6 Å². The van der Waals surface area contributed by atoms with Gasteiger partial charge in [0.15, 0.2) is 0 Å². The molecule has 0 fully saturated rings. The maximum absolute atomic E-state index is 11.5. The number of hydrogen-bond donors (Lipinski definition) is 2. The summed E-state index contributed by atoms with van der Waals surface area (Å²) in [5.74, 6) is 0.115. The van der Waals surface area contributed by atoms with Crippen LogP contribution in [-0.4, -0.2) is 24.5 Å². The van der Waals surface area contributed by atoms with E-state index in [0.29, 0.717) is 18.6 Å². The molecule has 0 spiro atoms. The van der Waals surface area contributed by atoms with Crippen LogP contribution in [0.15, 0.2) is 0 Å². The van der Waals surface area contributed by atoms with E-state index in [-0.39, 0.29) is 5.91 Å². The van der Waals surface area contributed by atoms with Gasteiger partial charge in [0, 0.05) is 12.1 Å². The minimum absolute atomic E-state index is 0.115. The standard InChI is InChI=1S/C13H28N2O/c1-5-7-8-9-12(4)15-13(16)10-14-11(3)6-2/h11-12,14H,5-10H2,1-4H3,(H,15,16). The van der Waals surface area contributed by atoms with E-state index >= 15 is 0 Å². The van der Waals surface area contributed by atoms with E-state index in [1.165, 1.54) is 19.3 Å². The van der Waals surface area contributed by atoms with E-state index in [2.05, 4.69) is 38.3 Å². The zero-order valence-electron chi connectivity index (χ0n) is 11.3. The highest BCUT2D eigenvalue weighted by Crippen LogP contribution is 2.02. The molecule has 96 valence electrons. The van der Waals surface area contributed by atoms with Crippen molar-refractivity contribution in [3.63, 3.8) is 0 Å². The first-order valence-electron chi connectivity index (χ1n) is 6.62. The molecule has 2 unspecified atom stereocenters. The fourth-order valence-corrected chi connectivity index (χ4v) is 1.51. The first-order valence-corrected chi connectivity index (χ1v) is 6.62. The van der Waals surface area contributed by atoms with Crippen molar-refractivity contribution in [2.75, 3.05) is 6.54 Å². The highest BCUT2D eigenvalue weighted by atomic mass is 16.1. The smallest absolute Gasteiger partial charge is 0.234 e. The Morgan fingerprint density at radius 3 is 2.38 bits per heavy atom. The van der Waals surface area contributed by atoms with Crippen molar-refractivity contribution < 1.29 is 4.79 Å². The number of carbonyl (C=O) groups excluding carboxylic acids is 1. The van der Waals surface area contributed by atoms with Crippen LogP contribution in [0.25, 0.3) is 0 Å². The van der Waals surface area contributed by atoms with Crippen molar-refractivity contribution >= 4 is 5.91 Å². The first-order chi connectivity index (χ1) is 7.60. The SMILES string of the molecule is CCCCCC(C)NC(=O)CNC(C)CC. The van der Waals surface area contributed by atoms with Crippen LogP contribution < -0.4 is 10.6 Å². The molecule has 1 amide bonds. The Hall–Kier alpha value is -0.570. The Bertz CT molecular complexity index is 183. The summed E-state index contributed by atoms with van der Waals surface area (Å²) < 4.78 is 0. The molecule has 0 saturated heterocycles. The summed E-state index contributed by atoms with van der Waals surface area (Å²) >= 11 is 0. The molecule has 0 aliphatic rings. The van der Waals surface area contributed by atoms with Crippen LogP contribution in [0, 0.1) is 0 Å². The second-order valence-electron chi connectivity index (χ2n) is 4.65. The number of rotatable bonds is 9. The minimum Gasteiger partial charge on any atom is -0.353 e. The van der Waals surface area contributed by atoms with Gasteiger partial charge in [0.2, 0.25) is 5.91 Å². The summed E-state index contributed by atoms with van der Waals surface area (Å²) in [5.41, 5.74) is 0. The van der Waals surface area contributed by atoms with Crippen LogP contribution in [0.2, 0.25) is 0 Å². The Balaban J connectivity index is 3.54. The predicted octanol–water partition coefficient (Wildman–Crippen LogP) is 2.46. The minimum atomic E-state index is 0.115. The van der Waals surface area contributed by atoms with Gasteiger partial charge in [-0.05, 0) is 26.7 Å². The molecular weight excluding hydrogens is 200 g/mol. The van der Waals surface area contributed by atoms with Gasteiger partial charge in [-0.15, -0.1) is 0 Å². The van der Waals surface area contributed by atoms with E-state index in [0.717, 1.165) is 12.8 Å². The van der Waals surface area contributed by atoms with Crippen LogP contribution in [0.4, 0.5) is 0 Å². The van der Waals surface area contributed by atoms with Gasteiger partial charge in [-0.2, -0.15) is 0 Å². The second kappa shape index (κ2) is 9.64. The summed E-state index contributed by atoms with van der Waals surface area (Å²) in [4.78, 5) is 11.5. The number of nitrogens with one attached hydrogen (secondary N) is 2. The molecule has 0 radical (unpaired) electrons. The van der Waals surface area contributed by atoms with Gasteiger partial charge in [0.25, 0.3) is 0 Å². The summed E-state index contributed by atoms with van der Waals surface area (Å²) in [6.45, 7) is 8.92. The van der Waals surface area contributed by atoms with Crippen LogP contribution in [0.5, 0.6) is 0 Å². The molecule has 0 heterocycles. The molecule has 3 heteroatoms. The Morgan fingerprint density at radius 1 is 1.12 bits per heavy atom. The van der Waals surface area contributed by atoms with Crippen molar-refractivity contribution in [2.45, 2.75) is 71.9 Å². The van der Waals surface area contributed by atoms with Gasteiger partial charge in [-0.3, -0.25) is 4.79 Å². The lowest BCUT2D eigenvalue weighted by Crippen LogP contribution is -2.41. The average Bonchev–Trinajstić information content (AvgIpc) is 2.26. The molecule has 3 nitrogen and oxygen atoms in total. The lowest BCUT2D eigenvalue weighted by atomic mass is 10.1. The third kappa shape index (κ3) is 8.72. The summed E-state index contributed by atoms with van der Waals surface area (Å²) in [7, 11) is 0. The Labute approximate surface area is 100 Å². The fourth-order valence-electron chi connectivity index (χ4n) is 1.51. The lowest BCUT2D eigenvalue weighted by Gasteiger charge is -2.15. The van der Waals surface area contributed by atoms with E-state index < -0.39 is 0 Å². The van der Waals surface area contributed by atoms with Crippen LogP contribution in [-0.2, 0) is 4.79 Å². The molecule has 0 aliphatic carbocycles. The van der Waals surface area contributed by atoms with Crippen molar-refractivity contribution in [3.05, 3.63) is 0 Å². The summed E-state index contributed by atoms with van der Waals surface area (Å²) in [5, 5.41) is 6.21. The number of hydrogen-bond acceptors (Lipinski definition) is 2. The third-order valence-corrected chi connectivity index (χ3v) is 2.87. The molecule has 0 saturated carbocycles. The molecule has 0 aromatic rings. The topological polar surface area (TPSA) is 41.1 Å². The molecule has 0 aliphatic heterocycles. The van der Waals surface area contributed by atoms with Crippen LogP contribution in [0.3, 0.4) is 0 Å². The van der Waals surface area contributed by atoms with Gasteiger partial charge in [-0.25, -0.2) is 0 Å².